The Morgan fingerprint density at radius 3 is 2.36 bits per heavy atom. The molecular weight excluding hydrogens is 1030 g/mol. The zero-order valence-corrected chi connectivity index (χ0v) is 46.4. The summed E-state index contributed by atoms with van der Waals surface area (Å²) in [5, 5.41) is 20.3. The van der Waals surface area contributed by atoms with Crippen LogP contribution in [0.3, 0.4) is 0 Å². The first kappa shape index (κ1) is 55.3. The third kappa shape index (κ3) is 12.3. The SMILES string of the molecule is Cc1ncsc1-c1ccc(CNC(=O)[C@@H]2C[C@@H](O)CN2C(=O)[C@@H](NC(=O)C2(F)CC2)C(C)(C)C)c(OCCC2CCN(C(=O)C3(C(=O)Nc4cccc(Sc5cnc(N6CCC(C)(CN)CC6)cn5)c4Cl)CC3)CC2)c1. The molecule has 3 aliphatic heterocycles. The Morgan fingerprint density at radius 2 is 1.72 bits per heavy atom. The first-order chi connectivity index (χ1) is 36.2. The summed E-state index contributed by atoms with van der Waals surface area (Å²) in [6.45, 7) is 13.2. The highest BCUT2D eigenvalue weighted by Gasteiger charge is 2.58. The van der Waals surface area contributed by atoms with E-state index in [0.29, 0.717) is 77.4 Å². The van der Waals surface area contributed by atoms with E-state index in [1.165, 1.54) is 28.0 Å². The number of halogens is 2. The summed E-state index contributed by atoms with van der Waals surface area (Å²) in [7, 11) is 0. The van der Waals surface area contributed by atoms with Crippen LogP contribution in [0.5, 0.6) is 5.75 Å². The Hall–Kier alpha value is -5.41. The number of rotatable bonds is 18. The topological polar surface area (TPSA) is 225 Å². The van der Waals surface area contributed by atoms with Crippen LogP contribution in [-0.2, 0) is 30.5 Å². The normalized spacial score (nSPS) is 21.1. The molecule has 2 aromatic heterocycles. The van der Waals surface area contributed by atoms with Crippen molar-refractivity contribution in [1.29, 1.82) is 0 Å². The summed E-state index contributed by atoms with van der Waals surface area (Å²) in [6.07, 6.45) is 7.87. The van der Waals surface area contributed by atoms with E-state index in [-0.39, 0.29) is 55.5 Å². The summed E-state index contributed by atoms with van der Waals surface area (Å²) in [5.74, 6) is -0.729. The van der Waals surface area contributed by atoms with Gasteiger partial charge in [-0.25, -0.2) is 19.3 Å². The van der Waals surface area contributed by atoms with Gasteiger partial charge in [0.1, 0.15) is 34.1 Å². The van der Waals surface area contributed by atoms with E-state index in [2.05, 4.69) is 42.7 Å². The van der Waals surface area contributed by atoms with Gasteiger partial charge in [0, 0.05) is 56.1 Å². The molecule has 4 aromatic rings. The number of aromatic nitrogens is 3. The Labute approximate surface area is 457 Å². The number of carbonyl (C=O) groups is 5. The Kier molecular flexibility index (Phi) is 16.4. The Balaban J connectivity index is 0.774. The molecule has 76 heavy (non-hydrogen) atoms. The third-order valence-corrected chi connectivity index (χ3v) is 18.5. The van der Waals surface area contributed by atoms with Crippen molar-refractivity contribution in [2.24, 2.45) is 27.9 Å². The van der Waals surface area contributed by atoms with Gasteiger partial charge in [-0.15, -0.1) is 11.3 Å². The molecule has 5 fully saturated rings. The lowest BCUT2D eigenvalue weighted by Gasteiger charge is -2.39. The minimum atomic E-state index is -1.99. The molecule has 17 nitrogen and oxygen atoms in total. The number of benzene rings is 2. The second-order valence-corrected chi connectivity index (χ2v) is 25.1. The lowest BCUT2D eigenvalue weighted by Crippen LogP contribution is -2.59. The number of aliphatic hydroxyl groups excluding tert-OH is 1. The van der Waals surface area contributed by atoms with E-state index in [1.807, 2.05) is 42.2 Å². The molecule has 9 rings (SSSR count). The number of anilines is 2. The van der Waals surface area contributed by atoms with Crippen LogP contribution in [0.4, 0.5) is 15.9 Å². The number of hydrogen-bond acceptors (Lipinski definition) is 14. The highest BCUT2D eigenvalue weighted by molar-refractivity contribution is 7.99. The number of β-amino-alcohol motifs (C(OH)–C–C–N with tert-alkyl or cyclic N) is 1. The van der Waals surface area contributed by atoms with Crippen molar-refractivity contribution in [1.82, 2.24) is 35.4 Å². The van der Waals surface area contributed by atoms with E-state index < -0.39 is 52.4 Å². The molecule has 21 heteroatoms. The van der Waals surface area contributed by atoms with Gasteiger partial charge in [0.05, 0.1) is 51.9 Å². The van der Waals surface area contributed by atoms with Crippen molar-refractivity contribution in [2.75, 3.05) is 56.1 Å². The lowest BCUT2D eigenvalue weighted by atomic mass is 9.80. The van der Waals surface area contributed by atoms with Gasteiger partial charge in [0.2, 0.25) is 23.6 Å². The number of piperidine rings is 2. The van der Waals surface area contributed by atoms with Gasteiger partial charge in [-0.05, 0) is 112 Å². The number of amides is 5. The summed E-state index contributed by atoms with van der Waals surface area (Å²) >= 11 is 9.76. The van der Waals surface area contributed by atoms with Crippen LogP contribution in [0.15, 0.2) is 64.2 Å². The van der Waals surface area contributed by atoms with Crippen molar-refractivity contribution >= 4 is 75.7 Å². The van der Waals surface area contributed by atoms with Crippen molar-refractivity contribution in [3.63, 3.8) is 0 Å². The summed E-state index contributed by atoms with van der Waals surface area (Å²) < 4.78 is 21.2. The molecule has 6 N–H and O–H groups in total. The fourth-order valence-electron chi connectivity index (χ4n) is 10.3. The predicted molar refractivity (Wildman–Crippen MR) is 291 cm³/mol. The van der Waals surface area contributed by atoms with E-state index in [9.17, 15) is 33.5 Å². The first-order valence-corrected chi connectivity index (χ1v) is 28.5. The number of nitrogens with zero attached hydrogens (tertiary/aromatic N) is 6. The van der Waals surface area contributed by atoms with Crippen LogP contribution in [0.1, 0.15) is 103 Å². The standard InChI is InChI=1S/C55H70ClFN10O7S2/c1-33-45(75-32-62-33)35-9-10-36(27-61-47(69)39-26-37(68)30-67(39)48(70)46(52(2,3)4)64-50(72)55(57)16-17-55)40(25-35)74-24-13-34-11-20-66(21-12-34)51(73)54(14-15-54)49(71)63-38-7-6-8-41(44(38)56)76-43-29-59-42(28-60-43)65-22-18-53(5,31-58)19-23-65/h6-10,25,28-29,32,34,37,39,46,68H,11-24,26-27,30-31,58H2,1-5H3,(H,61,69)(H,63,71)(H,64,72)/t37-,39+,46-/m1/s1. The van der Waals surface area contributed by atoms with Crippen molar-refractivity contribution in [3.05, 3.63) is 70.6 Å². The number of nitrogens with one attached hydrogen (secondary N) is 3. The number of alkyl halides is 1. The average Bonchev–Trinajstić information content (AvgIpc) is 4.33. The number of likely N-dealkylation sites (tertiary alicyclic amines) is 2. The zero-order valence-electron chi connectivity index (χ0n) is 44.0. The molecule has 5 aliphatic rings. The molecule has 2 saturated carbocycles. The molecule has 5 amide bonds. The average molecular weight is 1100 g/mol. The summed E-state index contributed by atoms with van der Waals surface area (Å²) in [6, 6.07) is 9.08. The van der Waals surface area contributed by atoms with E-state index in [4.69, 9.17) is 22.1 Å². The van der Waals surface area contributed by atoms with Crippen LogP contribution < -0.4 is 31.3 Å². The molecule has 2 aliphatic carbocycles. The molecule has 0 spiro atoms. The number of ether oxygens (including phenoxy) is 1. The molecule has 0 bridgehead atoms. The van der Waals surface area contributed by atoms with Gasteiger partial charge < -0.3 is 46.2 Å². The van der Waals surface area contributed by atoms with Crippen LogP contribution in [0.2, 0.25) is 5.02 Å². The molecule has 3 saturated heterocycles. The Bertz CT molecular complexity index is 2810. The van der Waals surface area contributed by atoms with Crippen LogP contribution >= 0.6 is 34.7 Å². The molecule has 0 unspecified atom stereocenters. The molecule has 3 atom stereocenters. The highest BCUT2D eigenvalue weighted by Crippen LogP contribution is 2.50. The molecule has 2 aromatic carbocycles. The van der Waals surface area contributed by atoms with E-state index in [0.717, 1.165) is 60.7 Å². The largest absolute Gasteiger partial charge is 0.493 e. The van der Waals surface area contributed by atoms with Crippen LogP contribution in [0, 0.1) is 29.1 Å². The Morgan fingerprint density at radius 1 is 0.987 bits per heavy atom. The number of thiazole rings is 1. The highest BCUT2D eigenvalue weighted by atomic mass is 35.5. The summed E-state index contributed by atoms with van der Waals surface area (Å²) in [5.41, 5.74) is 6.94. The van der Waals surface area contributed by atoms with Gasteiger partial charge in [-0.3, -0.25) is 24.0 Å². The van der Waals surface area contributed by atoms with Crippen molar-refractivity contribution in [3.8, 4) is 16.2 Å². The molecule has 0 radical (unpaired) electrons. The summed E-state index contributed by atoms with van der Waals surface area (Å²) in [4.78, 5) is 89.5. The maximum Gasteiger partial charge on any atom is 0.258 e. The lowest BCUT2D eigenvalue weighted by molar-refractivity contribution is -0.145. The van der Waals surface area contributed by atoms with Gasteiger partial charge in [0.25, 0.3) is 5.91 Å². The smallest absolute Gasteiger partial charge is 0.258 e. The number of nitrogens with two attached hydrogens (primary N) is 1. The second kappa shape index (κ2) is 22.5. The van der Waals surface area contributed by atoms with Crippen molar-refractivity contribution in [2.45, 2.75) is 139 Å². The van der Waals surface area contributed by atoms with Crippen LogP contribution in [0.25, 0.3) is 10.4 Å². The fourth-order valence-corrected chi connectivity index (χ4v) is 12.2. The molecule has 5 heterocycles. The quantitative estimate of drug-likeness (QED) is 0.0617. The number of aryl methyl sites for hydroxylation is 1. The van der Waals surface area contributed by atoms with Gasteiger partial charge in [0.15, 0.2) is 5.67 Å². The monoisotopic (exact) mass is 1100 g/mol. The molecular formula is C55H70ClFN10O7S2. The third-order valence-electron chi connectivity index (χ3n) is 16.0. The van der Waals surface area contributed by atoms with E-state index in [1.54, 1.807) is 44.7 Å². The van der Waals surface area contributed by atoms with E-state index >= 15 is 0 Å². The zero-order chi connectivity index (χ0) is 54.2. The molecule has 408 valence electrons. The minimum absolute atomic E-state index is 0.00686. The number of aliphatic hydroxyl groups is 1. The fraction of sp³-hybridized carbons (Fsp3) is 0.564. The maximum absolute atomic E-state index is 14.7. The second-order valence-electron chi connectivity index (χ2n) is 22.8. The first-order valence-electron chi connectivity index (χ1n) is 26.5. The van der Waals surface area contributed by atoms with Crippen LogP contribution in [-0.4, -0.2) is 129 Å². The van der Waals surface area contributed by atoms with Crippen molar-refractivity contribution < 1.29 is 38.2 Å². The van der Waals surface area contributed by atoms with Gasteiger partial charge in [-0.1, -0.05) is 69.3 Å². The van der Waals surface area contributed by atoms with Gasteiger partial charge >= 0.3 is 0 Å². The number of hydrogen-bond donors (Lipinski definition) is 5. The van der Waals surface area contributed by atoms with Gasteiger partial charge in [-0.2, -0.15) is 0 Å². The predicted octanol–water partition coefficient (Wildman–Crippen LogP) is 7.32. The maximum atomic E-state index is 14.7. The number of carbonyl (C=O) groups excluding carboxylic acids is 5. The minimum Gasteiger partial charge on any atom is -0.493 e.